The third-order valence-corrected chi connectivity index (χ3v) is 10.2. The van der Waals surface area contributed by atoms with Crippen LogP contribution >= 0.6 is 0 Å². The van der Waals surface area contributed by atoms with Crippen LogP contribution in [0.2, 0.25) is 0 Å². The Morgan fingerprint density at radius 1 is 0.957 bits per heavy atom. The molecule has 0 aliphatic carbocycles. The first-order chi connectivity index (χ1) is 22.5. The molecule has 0 bridgehead atoms. The van der Waals surface area contributed by atoms with E-state index in [1.54, 1.807) is 67.5 Å². The van der Waals surface area contributed by atoms with Gasteiger partial charge >= 0.3 is 6.03 Å². The van der Waals surface area contributed by atoms with Gasteiger partial charge in [-0.2, -0.15) is 0 Å². The molecular weight excluding hydrogens is 616 g/mol. The van der Waals surface area contributed by atoms with Crippen LogP contribution in [0.4, 0.5) is 10.5 Å². The fourth-order valence-corrected chi connectivity index (χ4v) is 7.14. The molecule has 47 heavy (non-hydrogen) atoms. The number of anilines is 1. The molecule has 5 rings (SSSR count). The summed E-state index contributed by atoms with van der Waals surface area (Å²) in [6, 6.07) is 17.5. The summed E-state index contributed by atoms with van der Waals surface area (Å²) in [4.78, 5) is 31.6. The summed E-state index contributed by atoms with van der Waals surface area (Å²) in [5, 5.41) is 0.707. The zero-order valence-corrected chi connectivity index (χ0v) is 28.7. The van der Waals surface area contributed by atoms with Crippen molar-refractivity contribution in [3.8, 4) is 11.5 Å². The molecule has 2 heterocycles. The molecule has 250 valence electrons. The number of aryl methyl sites for hydroxylation is 1. The van der Waals surface area contributed by atoms with Crippen molar-refractivity contribution in [2.75, 3.05) is 45.8 Å². The van der Waals surface area contributed by atoms with Crippen molar-refractivity contribution in [2.24, 2.45) is 0 Å². The molecule has 0 unspecified atom stereocenters. The minimum atomic E-state index is -3.97. The van der Waals surface area contributed by atoms with Crippen LogP contribution in [-0.4, -0.2) is 75.0 Å². The van der Waals surface area contributed by atoms with Gasteiger partial charge in [0.1, 0.15) is 0 Å². The topological polar surface area (TPSA) is 101 Å². The zero-order valence-electron chi connectivity index (χ0n) is 27.9. The summed E-state index contributed by atoms with van der Waals surface area (Å²) in [7, 11) is 1.01. The monoisotopic (exact) mass is 660 g/mol. The Hall–Kier alpha value is -4.51. The lowest BCUT2D eigenvalue weighted by molar-refractivity contribution is -0.127. The molecule has 1 aromatic heterocycles. The van der Waals surface area contributed by atoms with Gasteiger partial charge in [0.2, 0.25) is 5.91 Å². The molecule has 10 nitrogen and oxygen atoms in total. The second-order valence-electron chi connectivity index (χ2n) is 12.2. The Morgan fingerprint density at radius 2 is 1.72 bits per heavy atom. The molecular formula is C36H44N4O6S. The van der Waals surface area contributed by atoms with E-state index < -0.39 is 10.0 Å². The van der Waals surface area contributed by atoms with E-state index in [0.29, 0.717) is 58.9 Å². The van der Waals surface area contributed by atoms with Crippen molar-refractivity contribution >= 4 is 38.6 Å². The maximum absolute atomic E-state index is 14.0. The highest BCUT2D eigenvalue weighted by Gasteiger charge is 2.30. The lowest BCUT2D eigenvalue weighted by Crippen LogP contribution is -2.49. The van der Waals surface area contributed by atoms with E-state index >= 15 is 0 Å². The summed E-state index contributed by atoms with van der Waals surface area (Å²) in [6.07, 6.45) is 5.58. The van der Waals surface area contributed by atoms with Crippen molar-refractivity contribution < 1.29 is 27.5 Å². The van der Waals surface area contributed by atoms with Gasteiger partial charge < -0.3 is 19.3 Å². The number of nitrogens with zero attached hydrogens (tertiary/aromatic N) is 4. The highest BCUT2D eigenvalue weighted by molar-refractivity contribution is 7.90. The van der Waals surface area contributed by atoms with Crippen LogP contribution in [0.15, 0.2) is 71.8 Å². The van der Waals surface area contributed by atoms with Crippen LogP contribution in [0.5, 0.6) is 11.5 Å². The van der Waals surface area contributed by atoms with E-state index in [2.05, 4.69) is 6.92 Å². The number of hydrogen-bond donors (Lipinski definition) is 0. The number of hydrogen-bond acceptors (Lipinski definition) is 6. The van der Waals surface area contributed by atoms with E-state index in [4.69, 9.17) is 9.47 Å². The van der Waals surface area contributed by atoms with E-state index in [1.165, 1.54) is 8.87 Å². The highest BCUT2D eigenvalue weighted by Crippen LogP contribution is 2.34. The minimum Gasteiger partial charge on any atom is -0.493 e. The Labute approximate surface area is 277 Å². The second kappa shape index (κ2) is 14.5. The molecule has 1 saturated heterocycles. The molecule has 1 fully saturated rings. The third-order valence-electron chi connectivity index (χ3n) is 8.49. The summed E-state index contributed by atoms with van der Waals surface area (Å²) in [5.74, 6) is 1.12. The predicted octanol–water partition coefficient (Wildman–Crippen LogP) is 6.23. The number of carbonyl (C=O) groups excluding carboxylic acids is 2. The maximum atomic E-state index is 14.0. The van der Waals surface area contributed by atoms with Crippen LogP contribution in [0.3, 0.4) is 0 Å². The van der Waals surface area contributed by atoms with E-state index in [1.807, 2.05) is 37.3 Å². The van der Waals surface area contributed by atoms with Gasteiger partial charge in [-0.1, -0.05) is 49.6 Å². The predicted molar refractivity (Wildman–Crippen MR) is 184 cm³/mol. The summed E-state index contributed by atoms with van der Waals surface area (Å²) in [6.45, 7) is 5.90. The first kappa shape index (κ1) is 33.8. The van der Waals surface area contributed by atoms with E-state index in [-0.39, 0.29) is 29.8 Å². The maximum Gasteiger partial charge on any atom is 0.324 e. The van der Waals surface area contributed by atoms with Crippen molar-refractivity contribution in [3.63, 3.8) is 0 Å². The minimum absolute atomic E-state index is 0.0869. The number of benzene rings is 3. The molecule has 4 aromatic rings. The van der Waals surface area contributed by atoms with Crippen LogP contribution in [0.1, 0.15) is 49.3 Å². The number of ether oxygens (including phenoxy) is 2. The number of methoxy groups -OCH3 is 1. The Morgan fingerprint density at radius 3 is 2.43 bits per heavy atom. The summed E-state index contributed by atoms with van der Waals surface area (Å²) in [5.41, 5.74) is 3.53. The molecule has 3 aromatic carbocycles. The molecule has 11 heteroatoms. The number of urea groups is 1. The zero-order chi connectivity index (χ0) is 33.7. The number of amides is 3. The van der Waals surface area contributed by atoms with Gasteiger partial charge in [0.25, 0.3) is 10.0 Å². The average Bonchev–Trinajstić information content (AvgIpc) is 3.42. The van der Waals surface area contributed by atoms with Gasteiger partial charge in [-0.15, -0.1) is 0 Å². The van der Waals surface area contributed by atoms with Crippen molar-refractivity contribution in [2.45, 2.75) is 57.4 Å². The Balaban J connectivity index is 1.47. The van der Waals surface area contributed by atoms with Gasteiger partial charge in [-0.05, 0) is 61.2 Å². The number of carbonyl (C=O) groups is 2. The fraction of sp³-hybridized carbons (Fsp3) is 0.389. The van der Waals surface area contributed by atoms with Crippen LogP contribution < -0.4 is 14.4 Å². The molecule has 0 atom stereocenters. The van der Waals surface area contributed by atoms with Crippen LogP contribution in [0, 0.1) is 6.92 Å². The average molecular weight is 661 g/mol. The number of fused-ring (bicyclic) bond motifs is 1. The number of unbranched alkanes of at least 4 members (excludes halogenated alkanes) is 2. The quantitative estimate of drug-likeness (QED) is 0.158. The van der Waals surface area contributed by atoms with Crippen LogP contribution in [-0.2, 0) is 27.8 Å². The van der Waals surface area contributed by atoms with Gasteiger partial charge in [0.15, 0.2) is 11.5 Å². The molecule has 0 N–H and O–H groups in total. The van der Waals surface area contributed by atoms with Gasteiger partial charge in [-0.25, -0.2) is 17.2 Å². The molecule has 0 radical (unpaired) electrons. The molecule has 0 saturated carbocycles. The second-order valence-corrected chi connectivity index (χ2v) is 14.0. The standard InChI is InChI=1S/C36H44N4O6S/c1-6-7-8-20-46-34-23-29(13-17-33(34)45-5)39-19-9-18-38(36(39)42)24-28-25-40(47(43,44)30-14-10-26(2)11-15-30)32-21-27(12-16-31(28)32)22-35(41)37(3)4/h10-17,21,23,25H,6-9,18-20,22,24H2,1-5H3. The number of aromatic nitrogens is 1. The highest BCUT2D eigenvalue weighted by atomic mass is 32.2. The summed E-state index contributed by atoms with van der Waals surface area (Å²) >= 11 is 0. The lowest BCUT2D eigenvalue weighted by Gasteiger charge is -2.35. The molecule has 3 amide bonds. The smallest absolute Gasteiger partial charge is 0.324 e. The normalized spacial score (nSPS) is 13.7. The number of likely N-dealkylation sites (N-methyl/N-ethyl adjacent to an activating group) is 1. The first-order valence-corrected chi connectivity index (χ1v) is 17.5. The van der Waals surface area contributed by atoms with Gasteiger partial charge in [-0.3, -0.25) is 9.69 Å². The van der Waals surface area contributed by atoms with Crippen molar-refractivity contribution in [3.05, 3.63) is 83.6 Å². The van der Waals surface area contributed by atoms with E-state index in [0.717, 1.165) is 31.2 Å². The molecule has 1 aliphatic heterocycles. The van der Waals surface area contributed by atoms with Crippen molar-refractivity contribution in [1.29, 1.82) is 0 Å². The molecule has 1 aliphatic rings. The summed E-state index contributed by atoms with van der Waals surface area (Å²) < 4.78 is 40.8. The SMILES string of the molecule is CCCCCOc1cc(N2CCCN(Cc3cn(S(=O)(=O)c4ccc(C)cc4)c4cc(CC(=O)N(C)C)ccc34)C2=O)ccc1OC. The van der Waals surface area contributed by atoms with E-state index in [9.17, 15) is 18.0 Å². The Bertz CT molecular complexity index is 1850. The van der Waals surface area contributed by atoms with Gasteiger partial charge in [0.05, 0.1) is 30.5 Å². The largest absolute Gasteiger partial charge is 0.493 e. The van der Waals surface area contributed by atoms with Crippen LogP contribution in [0.25, 0.3) is 10.9 Å². The third kappa shape index (κ3) is 7.40. The molecule has 0 spiro atoms. The first-order valence-electron chi connectivity index (χ1n) is 16.1. The fourth-order valence-electron chi connectivity index (χ4n) is 5.76. The Kier molecular flexibility index (Phi) is 10.4. The number of rotatable bonds is 13. The van der Waals surface area contributed by atoms with Crippen molar-refractivity contribution in [1.82, 2.24) is 13.8 Å². The lowest BCUT2D eigenvalue weighted by atomic mass is 10.1. The van der Waals surface area contributed by atoms with Gasteiger partial charge in [0, 0.05) is 57.1 Å².